The first-order valence-electron chi connectivity index (χ1n) is 8.10. The molecule has 1 aliphatic carbocycles. The molecule has 0 fully saturated rings. The first-order valence-corrected chi connectivity index (χ1v) is 8.92. The second-order valence-corrected chi connectivity index (χ2v) is 7.58. The van der Waals surface area contributed by atoms with Crippen molar-refractivity contribution >= 4 is 27.2 Å². The Morgan fingerprint density at radius 1 is 1.21 bits per heavy atom. The number of halogens is 1. The van der Waals surface area contributed by atoms with Gasteiger partial charge < -0.3 is 0 Å². The lowest BCUT2D eigenvalue weighted by atomic mass is 9.89. The Morgan fingerprint density at radius 2 is 2.04 bits per heavy atom. The molecule has 1 aliphatic rings. The van der Waals surface area contributed by atoms with E-state index in [-0.39, 0.29) is 5.82 Å². The summed E-state index contributed by atoms with van der Waals surface area (Å²) in [6.45, 7) is 2.31. The van der Waals surface area contributed by atoms with Crippen LogP contribution in [0.4, 0.5) is 4.39 Å². The van der Waals surface area contributed by atoms with E-state index < -0.39 is 0 Å². The van der Waals surface area contributed by atoms with Crippen LogP contribution in [0.15, 0.2) is 30.6 Å². The zero-order valence-corrected chi connectivity index (χ0v) is 14.0. The molecule has 0 aliphatic heterocycles. The number of fused-ring (bicyclic) bond motifs is 5. The second-order valence-electron chi connectivity index (χ2n) is 6.50. The molecule has 5 rings (SSSR count). The van der Waals surface area contributed by atoms with Crippen LogP contribution in [0.25, 0.3) is 27.3 Å². The highest BCUT2D eigenvalue weighted by molar-refractivity contribution is 7.19. The van der Waals surface area contributed by atoms with Gasteiger partial charge in [0.25, 0.3) is 0 Å². The fourth-order valence-corrected chi connectivity index (χ4v) is 4.88. The van der Waals surface area contributed by atoms with E-state index in [0.29, 0.717) is 5.82 Å². The van der Waals surface area contributed by atoms with Crippen LogP contribution in [0.2, 0.25) is 0 Å². The van der Waals surface area contributed by atoms with Crippen molar-refractivity contribution in [1.82, 2.24) is 19.6 Å². The molecule has 0 radical (unpaired) electrons. The predicted octanol–water partition coefficient (Wildman–Crippen LogP) is 4.27. The van der Waals surface area contributed by atoms with E-state index in [1.807, 2.05) is 4.40 Å². The van der Waals surface area contributed by atoms with Crippen molar-refractivity contribution in [1.29, 1.82) is 0 Å². The molecular weight excluding hydrogens is 323 g/mol. The summed E-state index contributed by atoms with van der Waals surface area (Å²) in [5, 5.41) is 9.92. The Bertz CT molecular complexity index is 1060. The molecule has 3 heterocycles. The van der Waals surface area contributed by atoms with Crippen molar-refractivity contribution in [3.05, 3.63) is 46.9 Å². The monoisotopic (exact) mass is 338 g/mol. The largest absolute Gasteiger partial charge is 0.265 e. The lowest BCUT2D eigenvalue weighted by molar-refractivity contribution is 0.509. The van der Waals surface area contributed by atoms with Crippen molar-refractivity contribution in [3.63, 3.8) is 0 Å². The highest BCUT2D eigenvalue weighted by atomic mass is 32.1. The minimum atomic E-state index is -0.255. The van der Waals surface area contributed by atoms with E-state index in [1.165, 1.54) is 29.0 Å². The predicted molar refractivity (Wildman–Crippen MR) is 92.7 cm³/mol. The number of thiophene rings is 1. The average molecular weight is 338 g/mol. The molecule has 4 nitrogen and oxygen atoms in total. The van der Waals surface area contributed by atoms with Crippen LogP contribution in [0, 0.1) is 11.7 Å². The smallest absolute Gasteiger partial charge is 0.172 e. The molecule has 1 aromatic carbocycles. The van der Waals surface area contributed by atoms with Crippen molar-refractivity contribution in [2.24, 2.45) is 5.92 Å². The summed E-state index contributed by atoms with van der Waals surface area (Å²) in [7, 11) is 0. The molecule has 0 unspecified atom stereocenters. The summed E-state index contributed by atoms with van der Waals surface area (Å²) in [4.78, 5) is 7.12. The van der Waals surface area contributed by atoms with Gasteiger partial charge >= 0.3 is 0 Å². The summed E-state index contributed by atoms with van der Waals surface area (Å²) in [5.41, 5.74) is 3.08. The molecule has 0 spiro atoms. The number of hydrogen-bond acceptors (Lipinski definition) is 4. The van der Waals surface area contributed by atoms with Crippen molar-refractivity contribution in [2.75, 3.05) is 0 Å². The Balaban J connectivity index is 1.76. The molecule has 0 saturated heterocycles. The summed E-state index contributed by atoms with van der Waals surface area (Å²) in [6, 6.07) is 6.33. The highest BCUT2D eigenvalue weighted by Crippen LogP contribution is 2.39. The molecule has 0 amide bonds. The maximum absolute atomic E-state index is 13.2. The maximum atomic E-state index is 13.2. The molecule has 0 bridgehead atoms. The number of hydrogen-bond donors (Lipinski definition) is 0. The lowest BCUT2D eigenvalue weighted by Crippen LogP contribution is -2.08. The molecule has 0 saturated carbocycles. The number of benzene rings is 1. The van der Waals surface area contributed by atoms with E-state index >= 15 is 0 Å². The minimum Gasteiger partial charge on any atom is -0.265 e. The summed E-state index contributed by atoms with van der Waals surface area (Å²) < 4.78 is 15.1. The van der Waals surface area contributed by atoms with Crippen LogP contribution in [-0.2, 0) is 12.8 Å². The van der Waals surface area contributed by atoms with Crippen molar-refractivity contribution < 1.29 is 4.39 Å². The normalized spacial score (nSPS) is 17.5. The maximum Gasteiger partial charge on any atom is 0.172 e. The van der Waals surface area contributed by atoms with Gasteiger partial charge in [0.1, 0.15) is 17.0 Å². The van der Waals surface area contributed by atoms with Crippen LogP contribution < -0.4 is 0 Å². The standard InChI is InChI=1S/C18H15FN4S/c1-10-2-7-13-14(8-10)24-18-15(13)17-22-21-16(23(17)9-20-18)11-3-5-12(19)6-4-11/h3-6,9-10H,2,7-8H2,1H3/t10-/m1/s1. The first-order chi connectivity index (χ1) is 11.7. The van der Waals surface area contributed by atoms with E-state index in [9.17, 15) is 4.39 Å². The summed E-state index contributed by atoms with van der Waals surface area (Å²) >= 11 is 1.78. The number of aromatic nitrogens is 4. The van der Waals surface area contributed by atoms with Crippen LogP contribution in [0.5, 0.6) is 0 Å². The molecule has 24 heavy (non-hydrogen) atoms. The van der Waals surface area contributed by atoms with E-state index in [0.717, 1.165) is 40.2 Å². The topological polar surface area (TPSA) is 43.1 Å². The third-order valence-corrected chi connectivity index (χ3v) is 5.97. The molecule has 3 aromatic heterocycles. The fraction of sp³-hybridized carbons (Fsp3) is 0.278. The summed E-state index contributed by atoms with van der Waals surface area (Å²) in [5.74, 6) is 1.17. The fourth-order valence-electron chi connectivity index (χ4n) is 3.54. The van der Waals surface area contributed by atoms with Crippen molar-refractivity contribution in [2.45, 2.75) is 26.2 Å². The zero-order chi connectivity index (χ0) is 16.3. The first kappa shape index (κ1) is 14.0. The van der Waals surface area contributed by atoms with E-state index in [1.54, 1.807) is 29.8 Å². The number of nitrogens with zero attached hydrogens (tertiary/aromatic N) is 4. The van der Waals surface area contributed by atoms with Gasteiger partial charge in [-0.1, -0.05) is 6.92 Å². The molecule has 4 aromatic rings. The van der Waals surface area contributed by atoms with Gasteiger partial charge in [-0.3, -0.25) is 4.40 Å². The molecule has 120 valence electrons. The SMILES string of the molecule is C[C@@H]1CCc2c(sc3ncn4c(-c5ccc(F)cc5)nnc4c23)C1. The van der Waals surface area contributed by atoms with Crippen LogP contribution in [0.3, 0.4) is 0 Å². The van der Waals surface area contributed by atoms with Gasteiger partial charge in [-0.05, 0) is 55.0 Å². The van der Waals surface area contributed by atoms with E-state index in [4.69, 9.17) is 0 Å². The molecule has 1 atom stereocenters. The number of aryl methyl sites for hydroxylation is 1. The minimum absolute atomic E-state index is 0.255. The van der Waals surface area contributed by atoms with Gasteiger partial charge in [0.15, 0.2) is 11.5 Å². The van der Waals surface area contributed by atoms with Crippen molar-refractivity contribution in [3.8, 4) is 11.4 Å². The van der Waals surface area contributed by atoms with Crippen LogP contribution in [-0.4, -0.2) is 19.6 Å². The molecule has 0 N–H and O–H groups in total. The molecular formula is C18H15FN4S. The molecule has 6 heteroatoms. The van der Waals surface area contributed by atoms with Gasteiger partial charge in [0.2, 0.25) is 0 Å². The quantitative estimate of drug-likeness (QED) is 0.520. The highest BCUT2D eigenvalue weighted by Gasteiger charge is 2.24. The Labute approximate surface area is 142 Å². The van der Waals surface area contributed by atoms with Crippen LogP contribution >= 0.6 is 11.3 Å². The third kappa shape index (κ3) is 1.99. The second kappa shape index (κ2) is 5.08. The van der Waals surface area contributed by atoms with Gasteiger partial charge in [0.05, 0.1) is 5.39 Å². The zero-order valence-electron chi connectivity index (χ0n) is 13.2. The average Bonchev–Trinajstić information content (AvgIpc) is 3.15. The van der Waals surface area contributed by atoms with Gasteiger partial charge in [-0.15, -0.1) is 21.5 Å². The number of rotatable bonds is 1. The Kier molecular flexibility index (Phi) is 2.97. The lowest BCUT2D eigenvalue weighted by Gasteiger charge is -2.17. The third-order valence-electron chi connectivity index (χ3n) is 4.81. The van der Waals surface area contributed by atoms with Gasteiger partial charge in [-0.2, -0.15) is 0 Å². The van der Waals surface area contributed by atoms with Gasteiger partial charge in [-0.25, -0.2) is 9.37 Å². The van der Waals surface area contributed by atoms with Gasteiger partial charge in [0, 0.05) is 10.4 Å². The Hall–Kier alpha value is -2.34. The van der Waals surface area contributed by atoms with E-state index in [2.05, 4.69) is 22.1 Å². The van der Waals surface area contributed by atoms with Crippen LogP contribution in [0.1, 0.15) is 23.8 Å². The summed E-state index contributed by atoms with van der Waals surface area (Å²) in [6.07, 6.45) is 5.19. The Morgan fingerprint density at radius 3 is 2.88 bits per heavy atom.